The first-order valence-corrected chi connectivity index (χ1v) is 9.35. The fourth-order valence-electron chi connectivity index (χ4n) is 3.51. The summed E-state index contributed by atoms with van der Waals surface area (Å²) in [7, 11) is 1.33. The van der Waals surface area contributed by atoms with Crippen LogP contribution in [-0.4, -0.2) is 19.7 Å². The van der Waals surface area contributed by atoms with E-state index in [9.17, 15) is 13.2 Å². The SMILES string of the molecule is Cc1c(C(F)(F)F)nn(C)c1Oc1c(C2CCC2)ccc(-c2cnc(N)cn2)c1F. The Morgan fingerprint density at radius 3 is 2.43 bits per heavy atom. The minimum absolute atomic E-state index is 0.0803. The van der Waals surface area contributed by atoms with Crippen LogP contribution in [0.3, 0.4) is 0 Å². The van der Waals surface area contributed by atoms with E-state index in [1.165, 1.54) is 26.4 Å². The number of nitrogens with zero attached hydrogens (tertiary/aromatic N) is 4. The topological polar surface area (TPSA) is 78.8 Å². The van der Waals surface area contributed by atoms with E-state index in [-0.39, 0.29) is 40.2 Å². The second-order valence-corrected chi connectivity index (χ2v) is 7.30. The molecule has 0 atom stereocenters. The standard InChI is InChI=1S/C20H19F4N5O/c1-10-18(20(22,23)24)28-29(2)19(10)30-17-12(11-4-3-5-11)6-7-13(16(17)21)14-8-27-15(25)9-26-14/h6-9,11H,3-5H2,1-2H3,(H2,25,27). The van der Waals surface area contributed by atoms with Crippen molar-refractivity contribution in [3.05, 3.63) is 47.2 Å². The highest BCUT2D eigenvalue weighted by Crippen LogP contribution is 2.46. The number of aromatic nitrogens is 4. The maximum Gasteiger partial charge on any atom is 0.435 e. The molecule has 1 fully saturated rings. The molecule has 4 rings (SSSR count). The average molecular weight is 421 g/mol. The third-order valence-electron chi connectivity index (χ3n) is 5.31. The molecule has 2 heterocycles. The molecule has 1 saturated carbocycles. The van der Waals surface area contributed by atoms with Gasteiger partial charge >= 0.3 is 6.18 Å². The van der Waals surface area contributed by atoms with Gasteiger partial charge in [0, 0.05) is 23.7 Å². The predicted molar refractivity (Wildman–Crippen MR) is 101 cm³/mol. The third-order valence-corrected chi connectivity index (χ3v) is 5.31. The number of aryl methyl sites for hydroxylation is 1. The van der Waals surface area contributed by atoms with Crippen molar-refractivity contribution in [2.45, 2.75) is 38.3 Å². The maximum atomic E-state index is 15.6. The Balaban J connectivity index is 1.83. The van der Waals surface area contributed by atoms with Crippen LogP contribution in [0.25, 0.3) is 11.3 Å². The van der Waals surface area contributed by atoms with Crippen LogP contribution in [0, 0.1) is 12.7 Å². The molecule has 0 aliphatic heterocycles. The normalized spacial score (nSPS) is 14.6. The second-order valence-electron chi connectivity index (χ2n) is 7.30. The lowest BCUT2D eigenvalue weighted by atomic mass is 9.79. The first kappa shape index (κ1) is 20.1. The molecule has 10 heteroatoms. The Labute approximate surface area is 169 Å². The number of ether oxygens (including phenoxy) is 1. The molecule has 0 saturated heterocycles. The molecule has 30 heavy (non-hydrogen) atoms. The number of anilines is 1. The number of hydrogen-bond acceptors (Lipinski definition) is 5. The van der Waals surface area contributed by atoms with Crippen LogP contribution in [0.4, 0.5) is 23.4 Å². The second kappa shape index (κ2) is 7.26. The number of benzene rings is 1. The number of rotatable bonds is 4. The van der Waals surface area contributed by atoms with E-state index in [0.29, 0.717) is 5.56 Å². The summed E-state index contributed by atoms with van der Waals surface area (Å²) in [4.78, 5) is 8.01. The zero-order chi connectivity index (χ0) is 21.6. The van der Waals surface area contributed by atoms with Gasteiger partial charge in [0.15, 0.2) is 17.3 Å². The quantitative estimate of drug-likeness (QED) is 0.601. The van der Waals surface area contributed by atoms with Gasteiger partial charge in [0.2, 0.25) is 5.88 Å². The van der Waals surface area contributed by atoms with Gasteiger partial charge in [0.1, 0.15) is 5.82 Å². The first-order valence-electron chi connectivity index (χ1n) is 9.35. The number of halogens is 4. The van der Waals surface area contributed by atoms with Crippen molar-refractivity contribution in [2.24, 2.45) is 7.05 Å². The smallest absolute Gasteiger partial charge is 0.435 e. The van der Waals surface area contributed by atoms with E-state index in [0.717, 1.165) is 23.9 Å². The van der Waals surface area contributed by atoms with Gasteiger partial charge in [-0.3, -0.25) is 4.98 Å². The van der Waals surface area contributed by atoms with Crippen molar-refractivity contribution >= 4 is 5.82 Å². The highest BCUT2D eigenvalue weighted by Gasteiger charge is 2.38. The van der Waals surface area contributed by atoms with Crippen LogP contribution in [0.15, 0.2) is 24.5 Å². The van der Waals surface area contributed by atoms with E-state index >= 15 is 4.39 Å². The molecular formula is C20H19F4N5O. The Morgan fingerprint density at radius 2 is 1.90 bits per heavy atom. The molecule has 1 aliphatic rings. The van der Waals surface area contributed by atoms with E-state index in [1.807, 2.05) is 0 Å². The number of alkyl halides is 3. The molecule has 0 amide bonds. The largest absolute Gasteiger partial charge is 0.436 e. The predicted octanol–water partition coefficient (Wildman–Crippen LogP) is 4.99. The molecule has 0 spiro atoms. The van der Waals surface area contributed by atoms with Gasteiger partial charge in [0.05, 0.1) is 18.1 Å². The van der Waals surface area contributed by atoms with E-state index in [4.69, 9.17) is 10.5 Å². The van der Waals surface area contributed by atoms with E-state index in [2.05, 4.69) is 15.1 Å². The molecule has 0 bridgehead atoms. The lowest BCUT2D eigenvalue weighted by Crippen LogP contribution is -2.12. The van der Waals surface area contributed by atoms with Gasteiger partial charge in [-0.15, -0.1) is 0 Å². The highest BCUT2D eigenvalue weighted by molar-refractivity contribution is 5.64. The molecule has 3 aromatic rings. The minimum Gasteiger partial charge on any atom is -0.436 e. The third kappa shape index (κ3) is 3.46. The molecular weight excluding hydrogens is 402 g/mol. The van der Waals surface area contributed by atoms with Crippen LogP contribution in [0.5, 0.6) is 11.6 Å². The highest BCUT2D eigenvalue weighted by atomic mass is 19.4. The molecule has 2 aromatic heterocycles. The zero-order valence-electron chi connectivity index (χ0n) is 16.3. The number of nitrogens with two attached hydrogens (primary N) is 1. The van der Waals surface area contributed by atoms with Crippen LogP contribution in [0.2, 0.25) is 0 Å². The molecule has 1 aliphatic carbocycles. The van der Waals surface area contributed by atoms with Crippen molar-refractivity contribution in [3.63, 3.8) is 0 Å². The molecule has 2 N–H and O–H groups in total. The fraction of sp³-hybridized carbons (Fsp3) is 0.350. The van der Waals surface area contributed by atoms with Crippen molar-refractivity contribution in [3.8, 4) is 22.9 Å². The van der Waals surface area contributed by atoms with E-state index < -0.39 is 17.7 Å². The molecule has 158 valence electrons. The van der Waals surface area contributed by atoms with Gasteiger partial charge in [-0.1, -0.05) is 12.5 Å². The Hall–Kier alpha value is -3.17. The summed E-state index contributed by atoms with van der Waals surface area (Å²) in [5.74, 6) is -0.728. The molecule has 1 aromatic carbocycles. The molecule has 0 unspecified atom stereocenters. The Kier molecular flexibility index (Phi) is 4.87. The van der Waals surface area contributed by atoms with Crippen LogP contribution in [0.1, 0.15) is 42.0 Å². The van der Waals surface area contributed by atoms with Gasteiger partial charge in [0.25, 0.3) is 0 Å². The Bertz CT molecular complexity index is 1090. The van der Waals surface area contributed by atoms with Gasteiger partial charge in [-0.05, 0) is 31.7 Å². The Morgan fingerprint density at radius 1 is 1.17 bits per heavy atom. The average Bonchev–Trinajstić information content (AvgIpc) is 2.92. The summed E-state index contributed by atoms with van der Waals surface area (Å²) in [6.45, 7) is 1.25. The lowest BCUT2D eigenvalue weighted by molar-refractivity contribution is -0.141. The lowest BCUT2D eigenvalue weighted by Gasteiger charge is -2.28. The van der Waals surface area contributed by atoms with E-state index in [1.54, 1.807) is 12.1 Å². The van der Waals surface area contributed by atoms with Crippen molar-refractivity contribution in [1.82, 2.24) is 19.7 Å². The summed E-state index contributed by atoms with van der Waals surface area (Å²) in [6, 6.07) is 3.30. The summed E-state index contributed by atoms with van der Waals surface area (Å²) >= 11 is 0. The zero-order valence-corrected chi connectivity index (χ0v) is 16.3. The van der Waals surface area contributed by atoms with Crippen molar-refractivity contribution < 1.29 is 22.3 Å². The molecule has 0 radical (unpaired) electrons. The van der Waals surface area contributed by atoms with Gasteiger partial charge in [-0.2, -0.15) is 18.3 Å². The first-order chi connectivity index (χ1) is 14.2. The summed E-state index contributed by atoms with van der Waals surface area (Å²) in [6.07, 6.45) is 0.706. The van der Waals surface area contributed by atoms with Gasteiger partial charge < -0.3 is 10.5 Å². The van der Waals surface area contributed by atoms with Crippen LogP contribution < -0.4 is 10.5 Å². The maximum absolute atomic E-state index is 15.6. The molecule has 6 nitrogen and oxygen atoms in total. The van der Waals surface area contributed by atoms with Crippen LogP contribution >= 0.6 is 0 Å². The minimum atomic E-state index is -4.64. The fourth-order valence-corrected chi connectivity index (χ4v) is 3.51. The number of nitrogen functional groups attached to an aromatic ring is 1. The van der Waals surface area contributed by atoms with Crippen molar-refractivity contribution in [1.29, 1.82) is 0 Å². The van der Waals surface area contributed by atoms with Crippen LogP contribution in [-0.2, 0) is 13.2 Å². The van der Waals surface area contributed by atoms with Crippen molar-refractivity contribution in [2.75, 3.05) is 5.73 Å². The van der Waals surface area contributed by atoms with Gasteiger partial charge in [-0.25, -0.2) is 14.1 Å². The summed E-state index contributed by atoms with van der Waals surface area (Å²) in [5.41, 5.74) is 5.24. The summed E-state index contributed by atoms with van der Waals surface area (Å²) < 4.78 is 62.0. The monoisotopic (exact) mass is 421 g/mol. The number of hydrogen-bond donors (Lipinski definition) is 1. The summed E-state index contributed by atoms with van der Waals surface area (Å²) in [5, 5.41) is 3.51.